The van der Waals surface area contributed by atoms with Crippen molar-refractivity contribution in [3.05, 3.63) is 28.8 Å². The number of hydrogen-bond donors (Lipinski definition) is 2. The Balaban J connectivity index is 2.18. The smallest absolute Gasteiger partial charge is 0.137 e. The topological polar surface area (TPSA) is 44.7 Å². The van der Waals surface area contributed by atoms with E-state index in [1.54, 1.807) is 7.11 Å². The molecule has 4 nitrogen and oxygen atoms in total. The van der Waals surface area contributed by atoms with E-state index < -0.39 is 0 Å². The van der Waals surface area contributed by atoms with Gasteiger partial charge in [0.15, 0.2) is 0 Å². The summed E-state index contributed by atoms with van der Waals surface area (Å²) in [4.78, 5) is 2.30. The highest BCUT2D eigenvalue weighted by Crippen LogP contribution is 2.30. The normalized spacial score (nSPS) is 18.9. The minimum absolute atomic E-state index is 0.00306. The first-order valence-electron chi connectivity index (χ1n) is 6.65. The summed E-state index contributed by atoms with van der Waals surface area (Å²) in [5.41, 5.74) is 1.04. The van der Waals surface area contributed by atoms with Crippen molar-refractivity contribution in [3.8, 4) is 5.75 Å². The van der Waals surface area contributed by atoms with E-state index in [0.29, 0.717) is 10.8 Å². The monoisotopic (exact) mass is 284 g/mol. The lowest BCUT2D eigenvalue weighted by Crippen LogP contribution is -2.34. The molecule has 1 atom stereocenters. The summed E-state index contributed by atoms with van der Waals surface area (Å²) in [5, 5.41) is 13.7. The molecule has 1 unspecified atom stereocenters. The van der Waals surface area contributed by atoms with Crippen molar-refractivity contribution >= 4 is 11.6 Å². The number of methoxy groups -OCH3 is 1. The van der Waals surface area contributed by atoms with Crippen molar-refractivity contribution < 1.29 is 9.84 Å². The molecule has 1 fully saturated rings. The van der Waals surface area contributed by atoms with Crippen LogP contribution in [0.2, 0.25) is 5.02 Å². The van der Waals surface area contributed by atoms with Crippen LogP contribution in [0, 0.1) is 0 Å². The Kier molecular flexibility index (Phi) is 5.45. The fourth-order valence-electron chi connectivity index (χ4n) is 2.50. The van der Waals surface area contributed by atoms with Crippen LogP contribution in [0.4, 0.5) is 0 Å². The molecule has 1 saturated heterocycles. The van der Waals surface area contributed by atoms with Crippen LogP contribution in [0.1, 0.15) is 18.0 Å². The third-order valence-corrected chi connectivity index (χ3v) is 3.84. The molecule has 0 saturated carbocycles. The van der Waals surface area contributed by atoms with Crippen molar-refractivity contribution in [1.82, 2.24) is 10.2 Å². The third-order valence-electron chi connectivity index (χ3n) is 3.55. The molecule has 2 N–H and O–H groups in total. The number of benzene rings is 1. The van der Waals surface area contributed by atoms with Gasteiger partial charge in [0.25, 0.3) is 0 Å². The fraction of sp³-hybridized carbons (Fsp3) is 0.571. The summed E-state index contributed by atoms with van der Waals surface area (Å²) in [7, 11) is 1.60. The molecule has 0 aliphatic carbocycles. The molecule has 19 heavy (non-hydrogen) atoms. The first-order chi connectivity index (χ1) is 9.26. The average Bonchev–Trinajstić information content (AvgIpc) is 2.69. The molecule has 0 aromatic heterocycles. The largest absolute Gasteiger partial charge is 0.495 e. The van der Waals surface area contributed by atoms with Crippen LogP contribution < -0.4 is 10.1 Å². The van der Waals surface area contributed by atoms with Gasteiger partial charge in [-0.2, -0.15) is 0 Å². The van der Waals surface area contributed by atoms with Crippen molar-refractivity contribution in [1.29, 1.82) is 0 Å². The van der Waals surface area contributed by atoms with Crippen molar-refractivity contribution in [2.75, 3.05) is 39.9 Å². The predicted molar refractivity (Wildman–Crippen MR) is 76.9 cm³/mol. The van der Waals surface area contributed by atoms with Gasteiger partial charge in [-0.15, -0.1) is 0 Å². The maximum Gasteiger partial charge on any atom is 0.137 e. The standard InChI is InChI=1S/C14H21ClN2O2/c1-19-14-4-3-11(9-12(14)15)13(10-18)17-7-2-5-16-6-8-17/h3-4,9,13,16,18H,2,5-8,10H2,1H3. The van der Waals surface area contributed by atoms with E-state index in [1.165, 1.54) is 0 Å². The van der Waals surface area contributed by atoms with Gasteiger partial charge < -0.3 is 15.2 Å². The van der Waals surface area contributed by atoms with Crippen LogP contribution in [0.25, 0.3) is 0 Å². The molecular weight excluding hydrogens is 264 g/mol. The highest BCUT2D eigenvalue weighted by molar-refractivity contribution is 6.32. The lowest BCUT2D eigenvalue weighted by Gasteiger charge is -2.29. The summed E-state index contributed by atoms with van der Waals surface area (Å²) in [6.45, 7) is 4.03. The number of nitrogens with zero attached hydrogens (tertiary/aromatic N) is 1. The molecule has 0 bridgehead atoms. The van der Waals surface area contributed by atoms with E-state index in [9.17, 15) is 5.11 Å². The minimum Gasteiger partial charge on any atom is -0.495 e. The molecule has 5 heteroatoms. The number of halogens is 1. The lowest BCUT2D eigenvalue weighted by atomic mass is 10.1. The quantitative estimate of drug-likeness (QED) is 0.883. The number of aliphatic hydroxyl groups excluding tert-OH is 1. The second-order valence-electron chi connectivity index (χ2n) is 4.73. The molecule has 1 aromatic carbocycles. The molecule has 1 aromatic rings. The number of rotatable bonds is 4. The molecule has 2 rings (SSSR count). The second kappa shape index (κ2) is 7.10. The van der Waals surface area contributed by atoms with Gasteiger partial charge in [-0.1, -0.05) is 17.7 Å². The summed E-state index contributed by atoms with van der Waals surface area (Å²) in [6.07, 6.45) is 1.10. The van der Waals surface area contributed by atoms with E-state index in [0.717, 1.165) is 38.2 Å². The van der Waals surface area contributed by atoms with Crippen LogP contribution in [-0.4, -0.2) is 49.9 Å². The highest BCUT2D eigenvalue weighted by atomic mass is 35.5. The van der Waals surface area contributed by atoms with Crippen LogP contribution in [-0.2, 0) is 0 Å². The Morgan fingerprint density at radius 3 is 2.95 bits per heavy atom. The predicted octanol–water partition coefficient (Wildman–Crippen LogP) is 1.68. The first kappa shape index (κ1) is 14.6. The van der Waals surface area contributed by atoms with E-state index in [2.05, 4.69) is 10.2 Å². The molecule has 0 amide bonds. The minimum atomic E-state index is 0.00306. The molecule has 106 valence electrons. The van der Waals surface area contributed by atoms with Gasteiger partial charge in [0.05, 0.1) is 24.8 Å². The summed E-state index contributed by atoms with van der Waals surface area (Å²) in [6, 6.07) is 5.73. The van der Waals surface area contributed by atoms with E-state index >= 15 is 0 Å². The SMILES string of the molecule is COc1ccc(C(CO)N2CCCNCC2)cc1Cl. The maximum atomic E-state index is 9.70. The van der Waals surface area contributed by atoms with Crippen LogP contribution in [0.15, 0.2) is 18.2 Å². The molecule has 1 aliphatic rings. The molecule has 1 aliphatic heterocycles. The average molecular weight is 285 g/mol. The Bertz CT molecular complexity index is 406. The Labute approximate surface area is 119 Å². The van der Waals surface area contributed by atoms with Gasteiger partial charge in [0.2, 0.25) is 0 Å². The van der Waals surface area contributed by atoms with Gasteiger partial charge in [-0.3, -0.25) is 4.90 Å². The van der Waals surface area contributed by atoms with Gasteiger partial charge >= 0.3 is 0 Å². The second-order valence-corrected chi connectivity index (χ2v) is 5.14. The van der Waals surface area contributed by atoms with Gasteiger partial charge in [0.1, 0.15) is 5.75 Å². The number of hydrogen-bond acceptors (Lipinski definition) is 4. The zero-order valence-electron chi connectivity index (χ0n) is 11.2. The number of ether oxygens (including phenoxy) is 1. The Hall–Kier alpha value is -0.810. The van der Waals surface area contributed by atoms with Crippen LogP contribution in [0.3, 0.4) is 0 Å². The number of aliphatic hydroxyl groups is 1. The zero-order valence-corrected chi connectivity index (χ0v) is 12.0. The summed E-state index contributed by atoms with van der Waals surface area (Å²) in [5.74, 6) is 0.666. The Morgan fingerprint density at radius 1 is 1.42 bits per heavy atom. The zero-order chi connectivity index (χ0) is 13.7. The van der Waals surface area contributed by atoms with Gasteiger partial charge in [-0.05, 0) is 30.7 Å². The maximum absolute atomic E-state index is 9.70. The van der Waals surface area contributed by atoms with E-state index in [4.69, 9.17) is 16.3 Å². The van der Waals surface area contributed by atoms with Crippen molar-refractivity contribution in [3.63, 3.8) is 0 Å². The molecular formula is C14H21ClN2O2. The third kappa shape index (κ3) is 3.60. The fourth-order valence-corrected chi connectivity index (χ4v) is 2.77. The summed E-state index contributed by atoms with van der Waals surface area (Å²) < 4.78 is 5.16. The van der Waals surface area contributed by atoms with Crippen molar-refractivity contribution in [2.24, 2.45) is 0 Å². The molecule has 1 heterocycles. The first-order valence-corrected chi connectivity index (χ1v) is 7.03. The van der Waals surface area contributed by atoms with Gasteiger partial charge in [0, 0.05) is 19.6 Å². The van der Waals surface area contributed by atoms with Crippen LogP contribution >= 0.6 is 11.6 Å². The lowest BCUT2D eigenvalue weighted by molar-refractivity contribution is 0.130. The number of nitrogens with one attached hydrogen (secondary N) is 1. The Morgan fingerprint density at radius 2 is 2.26 bits per heavy atom. The summed E-state index contributed by atoms with van der Waals surface area (Å²) >= 11 is 6.16. The van der Waals surface area contributed by atoms with Crippen LogP contribution in [0.5, 0.6) is 5.75 Å². The highest BCUT2D eigenvalue weighted by Gasteiger charge is 2.21. The van der Waals surface area contributed by atoms with Crippen molar-refractivity contribution in [2.45, 2.75) is 12.5 Å². The van der Waals surface area contributed by atoms with E-state index in [1.807, 2.05) is 18.2 Å². The van der Waals surface area contributed by atoms with E-state index in [-0.39, 0.29) is 12.6 Å². The van der Waals surface area contributed by atoms with Gasteiger partial charge in [-0.25, -0.2) is 0 Å². The molecule has 0 spiro atoms. The molecule has 0 radical (unpaired) electrons.